The van der Waals surface area contributed by atoms with Gasteiger partial charge in [0.05, 0.1) is 11.5 Å². The van der Waals surface area contributed by atoms with Gasteiger partial charge in [0.25, 0.3) is 0 Å². The standard InChI is InChI=1S/C10H16FNO2/c1-10(4-8(10)11)9(14)12-5-6-2-7(13)3-6/h6-8,13H,2-5H2,1H3,(H,12,14). The number of aliphatic hydroxyl groups excluding tert-OH is 1. The molecule has 2 unspecified atom stereocenters. The molecule has 0 bridgehead atoms. The van der Waals surface area contributed by atoms with Crippen LogP contribution in [0.2, 0.25) is 0 Å². The summed E-state index contributed by atoms with van der Waals surface area (Å²) in [5.74, 6) is 0.209. The van der Waals surface area contributed by atoms with Gasteiger partial charge in [-0.25, -0.2) is 4.39 Å². The molecule has 2 atom stereocenters. The topological polar surface area (TPSA) is 49.3 Å². The van der Waals surface area contributed by atoms with Crippen molar-refractivity contribution in [2.45, 2.75) is 38.5 Å². The van der Waals surface area contributed by atoms with Gasteiger partial charge in [-0.1, -0.05) is 0 Å². The first-order valence-corrected chi connectivity index (χ1v) is 5.13. The smallest absolute Gasteiger partial charge is 0.229 e. The molecule has 0 spiro atoms. The molecular weight excluding hydrogens is 185 g/mol. The summed E-state index contributed by atoms with van der Waals surface area (Å²) in [6.07, 6.45) is 0.718. The minimum absolute atomic E-state index is 0.175. The summed E-state index contributed by atoms with van der Waals surface area (Å²) in [4.78, 5) is 11.4. The summed E-state index contributed by atoms with van der Waals surface area (Å²) >= 11 is 0. The van der Waals surface area contributed by atoms with Crippen LogP contribution in [0, 0.1) is 11.3 Å². The molecular formula is C10H16FNO2. The van der Waals surface area contributed by atoms with Crippen LogP contribution in [0.25, 0.3) is 0 Å². The van der Waals surface area contributed by atoms with Crippen molar-refractivity contribution in [3.05, 3.63) is 0 Å². The minimum atomic E-state index is -0.963. The van der Waals surface area contributed by atoms with Gasteiger partial charge in [0.1, 0.15) is 6.17 Å². The predicted molar refractivity (Wildman–Crippen MR) is 49.4 cm³/mol. The normalized spacial score (nSPS) is 45.5. The second-order valence-corrected chi connectivity index (χ2v) is 4.79. The first-order chi connectivity index (χ1) is 6.52. The molecule has 1 amide bonds. The molecule has 2 N–H and O–H groups in total. The maximum atomic E-state index is 12.8. The van der Waals surface area contributed by atoms with Crippen LogP contribution in [-0.2, 0) is 4.79 Å². The Hall–Kier alpha value is -0.640. The van der Waals surface area contributed by atoms with Crippen molar-refractivity contribution in [1.82, 2.24) is 5.32 Å². The van der Waals surface area contributed by atoms with Crippen molar-refractivity contribution in [2.24, 2.45) is 11.3 Å². The summed E-state index contributed by atoms with van der Waals surface area (Å²) in [7, 11) is 0. The number of hydrogen-bond acceptors (Lipinski definition) is 2. The molecule has 3 nitrogen and oxygen atoms in total. The molecule has 0 aromatic rings. The number of rotatable bonds is 3. The Kier molecular flexibility index (Phi) is 2.26. The summed E-state index contributed by atoms with van der Waals surface area (Å²) in [5, 5.41) is 11.8. The van der Waals surface area contributed by atoms with Gasteiger partial charge in [0.2, 0.25) is 5.91 Å². The molecule has 14 heavy (non-hydrogen) atoms. The molecule has 2 fully saturated rings. The third-order valence-electron chi connectivity index (χ3n) is 3.42. The molecule has 0 aliphatic heterocycles. The lowest BCUT2D eigenvalue weighted by molar-refractivity contribution is -0.127. The Morgan fingerprint density at radius 3 is 2.64 bits per heavy atom. The maximum absolute atomic E-state index is 12.8. The minimum Gasteiger partial charge on any atom is -0.393 e. The van der Waals surface area contributed by atoms with E-state index in [1.54, 1.807) is 6.92 Å². The zero-order valence-corrected chi connectivity index (χ0v) is 8.29. The van der Waals surface area contributed by atoms with Gasteiger partial charge in [0.15, 0.2) is 0 Å². The van der Waals surface area contributed by atoms with Crippen molar-refractivity contribution >= 4 is 5.91 Å². The van der Waals surface area contributed by atoms with Crippen molar-refractivity contribution < 1.29 is 14.3 Å². The number of nitrogens with one attached hydrogen (secondary N) is 1. The molecule has 2 saturated carbocycles. The quantitative estimate of drug-likeness (QED) is 0.703. The van der Waals surface area contributed by atoms with E-state index in [2.05, 4.69) is 5.32 Å². The second-order valence-electron chi connectivity index (χ2n) is 4.79. The van der Waals surface area contributed by atoms with E-state index >= 15 is 0 Å². The lowest BCUT2D eigenvalue weighted by Crippen LogP contribution is -2.41. The van der Waals surface area contributed by atoms with Gasteiger partial charge in [-0.2, -0.15) is 0 Å². The highest BCUT2D eigenvalue weighted by Gasteiger charge is 2.57. The Bertz CT molecular complexity index is 253. The fourth-order valence-electron chi connectivity index (χ4n) is 1.85. The number of amides is 1. The number of aliphatic hydroxyl groups is 1. The van der Waals surface area contributed by atoms with Gasteiger partial charge in [-0.3, -0.25) is 4.79 Å². The highest BCUT2D eigenvalue weighted by Crippen LogP contribution is 2.48. The monoisotopic (exact) mass is 201 g/mol. The fourth-order valence-corrected chi connectivity index (χ4v) is 1.85. The molecule has 0 aromatic carbocycles. The van der Waals surface area contributed by atoms with Gasteiger partial charge in [-0.15, -0.1) is 0 Å². The van der Waals surface area contributed by atoms with Crippen molar-refractivity contribution in [3.8, 4) is 0 Å². The molecule has 2 aliphatic rings. The molecule has 2 rings (SSSR count). The van der Waals surface area contributed by atoms with E-state index in [1.165, 1.54) is 0 Å². The molecule has 4 heteroatoms. The lowest BCUT2D eigenvalue weighted by atomic mass is 9.82. The average molecular weight is 201 g/mol. The average Bonchev–Trinajstić information content (AvgIpc) is 2.67. The van der Waals surface area contributed by atoms with Crippen LogP contribution in [0.15, 0.2) is 0 Å². The molecule has 80 valence electrons. The zero-order valence-electron chi connectivity index (χ0n) is 8.29. The number of carbonyl (C=O) groups is 1. The van der Waals surface area contributed by atoms with E-state index in [0.29, 0.717) is 18.9 Å². The largest absolute Gasteiger partial charge is 0.393 e. The Labute approximate surface area is 82.7 Å². The SMILES string of the molecule is CC1(C(=O)NCC2CC(O)C2)CC1F. The van der Waals surface area contributed by atoms with Crippen LogP contribution in [-0.4, -0.2) is 29.8 Å². The van der Waals surface area contributed by atoms with Crippen molar-refractivity contribution in [3.63, 3.8) is 0 Å². The van der Waals surface area contributed by atoms with Crippen LogP contribution in [0.5, 0.6) is 0 Å². The highest BCUT2D eigenvalue weighted by molar-refractivity contribution is 5.86. The Balaban J connectivity index is 1.69. The van der Waals surface area contributed by atoms with Gasteiger partial charge >= 0.3 is 0 Å². The van der Waals surface area contributed by atoms with Gasteiger partial charge in [-0.05, 0) is 32.1 Å². The summed E-state index contributed by atoms with van der Waals surface area (Å²) in [5.41, 5.74) is -0.762. The third kappa shape index (κ3) is 1.63. The summed E-state index contributed by atoms with van der Waals surface area (Å²) in [6.45, 7) is 2.24. The van der Waals surface area contributed by atoms with E-state index in [0.717, 1.165) is 12.8 Å². The number of carbonyl (C=O) groups excluding carboxylic acids is 1. The van der Waals surface area contributed by atoms with E-state index in [-0.39, 0.29) is 12.0 Å². The Morgan fingerprint density at radius 2 is 2.21 bits per heavy atom. The van der Waals surface area contributed by atoms with E-state index in [4.69, 9.17) is 5.11 Å². The van der Waals surface area contributed by atoms with Crippen LogP contribution in [0.4, 0.5) is 4.39 Å². The van der Waals surface area contributed by atoms with E-state index in [9.17, 15) is 9.18 Å². The number of alkyl halides is 1. The summed E-state index contributed by atoms with van der Waals surface area (Å²) < 4.78 is 12.8. The summed E-state index contributed by atoms with van der Waals surface area (Å²) in [6, 6.07) is 0. The third-order valence-corrected chi connectivity index (χ3v) is 3.42. The van der Waals surface area contributed by atoms with Crippen LogP contribution < -0.4 is 5.32 Å². The number of hydrogen-bond donors (Lipinski definition) is 2. The van der Waals surface area contributed by atoms with E-state index in [1.807, 2.05) is 0 Å². The molecule has 0 aromatic heterocycles. The fraction of sp³-hybridized carbons (Fsp3) is 0.900. The van der Waals surface area contributed by atoms with Crippen molar-refractivity contribution in [1.29, 1.82) is 0 Å². The van der Waals surface area contributed by atoms with Gasteiger partial charge < -0.3 is 10.4 Å². The second kappa shape index (κ2) is 3.19. The van der Waals surface area contributed by atoms with Crippen LogP contribution >= 0.6 is 0 Å². The molecule has 0 saturated heterocycles. The Morgan fingerprint density at radius 1 is 1.64 bits per heavy atom. The predicted octanol–water partition coefficient (Wildman–Crippen LogP) is 0.622. The molecule has 0 radical (unpaired) electrons. The lowest BCUT2D eigenvalue weighted by Gasteiger charge is -2.31. The first-order valence-electron chi connectivity index (χ1n) is 5.13. The molecule has 2 aliphatic carbocycles. The first kappa shape index (κ1) is 9.90. The van der Waals surface area contributed by atoms with Gasteiger partial charge in [0, 0.05) is 6.54 Å². The highest BCUT2D eigenvalue weighted by atomic mass is 19.1. The zero-order chi connectivity index (χ0) is 10.3. The van der Waals surface area contributed by atoms with Crippen molar-refractivity contribution in [2.75, 3.05) is 6.54 Å². The van der Waals surface area contributed by atoms with E-state index < -0.39 is 11.6 Å². The van der Waals surface area contributed by atoms with Crippen LogP contribution in [0.1, 0.15) is 26.2 Å². The maximum Gasteiger partial charge on any atom is 0.229 e. The van der Waals surface area contributed by atoms with Crippen LogP contribution in [0.3, 0.4) is 0 Å². The number of halogens is 1. The molecule has 0 heterocycles.